The van der Waals surface area contributed by atoms with Crippen LogP contribution in [0.2, 0.25) is 0 Å². The van der Waals surface area contributed by atoms with E-state index in [1.807, 2.05) is 0 Å². The van der Waals surface area contributed by atoms with Gasteiger partial charge in [0.25, 0.3) is 0 Å². The van der Waals surface area contributed by atoms with Gasteiger partial charge in [-0.2, -0.15) is 0 Å². The van der Waals surface area contributed by atoms with E-state index in [2.05, 4.69) is 203 Å². The van der Waals surface area contributed by atoms with Gasteiger partial charge in [-0.3, -0.25) is 0 Å². The average molecular weight is 681 g/mol. The van der Waals surface area contributed by atoms with Gasteiger partial charge in [0.05, 0.1) is 33.8 Å². The van der Waals surface area contributed by atoms with Crippen LogP contribution in [0.4, 0.5) is 22.7 Å². The van der Waals surface area contributed by atoms with Crippen LogP contribution in [0.25, 0.3) is 27.5 Å². The lowest BCUT2D eigenvalue weighted by molar-refractivity contribution is 0.807. The normalized spacial score (nSPS) is 13.5. The van der Waals surface area contributed by atoms with Crippen molar-refractivity contribution >= 4 is 44.6 Å². The van der Waals surface area contributed by atoms with Gasteiger partial charge in [0.2, 0.25) is 0 Å². The minimum atomic E-state index is 0.350. The average Bonchev–Trinajstić information content (AvgIpc) is 3.67. The van der Waals surface area contributed by atoms with E-state index in [0.717, 1.165) is 5.69 Å². The third-order valence-corrected chi connectivity index (χ3v) is 10.9. The molecule has 0 unspecified atom stereocenters. The molecule has 0 spiro atoms. The van der Waals surface area contributed by atoms with Crippen LogP contribution in [-0.4, -0.2) is 4.57 Å². The van der Waals surface area contributed by atoms with Gasteiger partial charge in [-0.1, -0.05) is 152 Å². The Hall–Kier alpha value is -5.28. The molecule has 8 rings (SSSR count). The summed E-state index contributed by atoms with van der Waals surface area (Å²) in [5.41, 5.74) is 15.3. The van der Waals surface area contributed by atoms with Crippen molar-refractivity contribution < 1.29 is 0 Å². The van der Waals surface area contributed by atoms with Crippen LogP contribution in [0, 0.1) is 6.17 Å². The summed E-state index contributed by atoms with van der Waals surface area (Å²) in [6.07, 6.45) is 1.18. The van der Waals surface area contributed by atoms with Gasteiger partial charge in [-0.05, 0) is 82.3 Å². The Kier molecular flexibility index (Phi) is 8.70. The molecule has 0 aliphatic carbocycles. The van der Waals surface area contributed by atoms with Gasteiger partial charge in [0, 0.05) is 22.0 Å². The monoisotopic (exact) mass is 680 g/mol. The van der Waals surface area contributed by atoms with Crippen LogP contribution in [0.3, 0.4) is 0 Å². The molecule has 0 bridgehead atoms. The molecule has 0 fully saturated rings. The Balaban J connectivity index is 1.41. The molecular weight excluding hydrogens is 631 g/mol. The lowest BCUT2D eigenvalue weighted by Crippen LogP contribution is -2.33. The fourth-order valence-electron chi connectivity index (χ4n) is 8.38. The smallest absolute Gasteiger partial charge is 0.196 e. The summed E-state index contributed by atoms with van der Waals surface area (Å²) in [6, 6.07) is 49.7. The van der Waals surface area contributed by atoms with Crippen LogP contribution < -0.4 is 9.80 Å². The summed E-state index contributed by atoms with van der Waals surface area (Å²) >= 11 is 0. The summed E-state index contributed by atoms with van der Waals surface area (Å²) in [6.45, 7) is 18.6. The van der Waals surface area contributed by atoms with Gasteiger partial charge >= 0.3 is 0 Å². The molecule has 0 N–H and O–H groups in total. The van der Waals surface area contributed by atoms with Crippen molar-refractivity contribution in [1.29, 1.82) is 0 Å². The van der Waals surface area contributed by atoms with Crippen molar-refractivity contribution in [3.63, 3.8) is 0 Å². The van der Waals surface area contributed by atoms with E-state index in [-0.39, 0.29) is 0 Å². The Morgan fingerprint density at radius 3 is 1.12 bits per heavy atom. The summed E-state index contributed by atoms with van der Waals surface area (Å²) in [5, 5.41) is 2.55. The zero-order valence-electron chi connectivity index (χ0n) is 31.9. The number of rotatable bonds is 8. The molecule has 52 heavy (non-hydrogen) atoms. The summed E-state index contributed by atoms with van der Waals surface area (Å²) < 4.78 is 2.41. The molecule has 7 aromatic rings. The largest absolute Gasteiger partial charge is 0.309 e. The van der Waals surface area contributed by atoms with Gasteiger partial charge in [-0.15, -0.1) is 0 Å². The SMILES string of the molecule is CC(C)c1cccc(C(C)C)c1N1[C](c2ccc(-n3c4ccccc4c4ccccc43)cc2)N(c2c(C(C)C)cccc2C(C)C)c2ccccc21. The highest BCUT2D eigenvalue weighted by Gasteiger charge is 2.44. The zero-order valence-corrected chi connectivity index (χ0v) is 31.9. The molecule has 1 aliphatic heterocycles. The fraction of sp³-hybridized carbons (Fsp3) is 0.245. The predicted octanol–water partition coefficient (Wildman–Crippen LogP) is 14.1. The number of hydrogen-bond donors (Lipinski definition) is 0. The molecule has 0 amide bonds. The van der Waals surface area contributed by atoms with Crippen LogP contribution in [-0.2, 0) is 0 Å². The molecule has 0 saturated carbocycles. The maximum Gasteiger partial charge on any atom is 0.196 e. The quantitative estimate of drug-likeness (QED) is 0.158. The summed E-state index contributed by atoms with van der Waals surface area (Å²) in [4.78, 5) is 5.19. The highest BCUT2D eigenvalue weighted by molar-refractivity contribution is 6.09. The van der Waals surface area contributed by atoms with Crippen molar-refractivity contribution in [3.8, 4) is 5.69 Å². The first-order chi connectivity index (χ1) is 25.2. The van der Waals surface area contributed by atoms with Crippen LogP contribution >= 0.6 is 0 Å². The maximum atomic E-state index is 2.59. The zero-order chi connectivity index (χ0) is 36.3. The van der Waals surface area contributed by atoms with Crippen molar-refractivity contribution in [3.05, 3.63) is 167 Å². The predicted molar refractivity (Wildman–Crippen MR) is 223 cm³/mol. The number of para-hydroxylation sites is 6. The summed E-state index contributed by atoms with van der Waals surface area (Å²) in [5.74, 6) is 1.40. The lowest BCUT2D eigenvalue weighted by Gasteiger charge is -2.37. The highest BCUT2D eigenvalue weighted by atomic mass is 15.4. The minimum absolute atomic E-state index is 0.350. The van der Waals surface area contributed by atoms with Crippen molar-refractivity contribution in [2.75, 3.05) is 9.80 Å². The van der Waals surface area contributed by atoms with E-state index in [0.29, 0.717) is 23.7 Å². The van der Waals surface area contributed by atoms with Crippen molar-refractivity contribution in [1.82, 2.24) is 4.57 Å². The van der Waals surface area contributed by atoms with E-state index in [9.17, 15) is 0 Å². The third-order valence-electron chi connectivity index (χ3n) is 10.9. The number of aromatic nitrogens is 1. The molecule has 0 saturated heterocycles. The molecular formula is C49H50N3. The van der Waals surface area contributed by atoms with Crippen LogP contribution in [0.5, 0.6) is 0 Å². The third kappa shape index (κ3) is 5.41. The summed E-state index contributed by atoms with van der Waals surface area (Å²) in [7, 11) is 0. The van der Waals surface area contributed by atoms with E-state index in [1.165, 1.54) is 78.5 Å². The van der Waals surface area contributed by atoms with Crippen LogP contribution in [0.1, 0.15) is 107 Å². The second kappa shape index (κ2) is 13.4. The van der Waals surface area contributed by atoms with Gasteiger partial charge in [0.1, 0.15) is 0 Å². The molecule has 2 heterocycles. The Morgan fingerprint density at radius 2 is 0.731 bits per heavy atom. The first-order valence-electron chi connectivity index (χ1n) is 19.1. The fourth-order valence-corrected chi connectivity index (χ4v) is 8.38. The number of nitrogens with zero attached hydrogens (tertiary/aromatic N) is 3. The number of fused-ring (bicyclic) bond motifs is 4. The molecule has 0 atom stereocenters. The molecule has 3 heteroatoms. The Labute approximate surface area is 310 Å². The van der Waals surface area contributed by atoms with Crippen LogP contribution in [0.15, 0.2) is 133 Å². The van der Waals surface area contributed by atoms with Crippen molar-refractivity contribution in [2.45, 2.75) is 79.1 Å². The molecule has 261 valence electrons. The first-order valence-corrected chi connectivity index (χ1v) is 19.1. The minimum Gasteiger partial charge on any atom is -0.309 e. The van der Waals surface area contributed by atoms with E-state index in [4.69, 9.17) is 0 Å². The Bertz CT molecular complexity index is 2190. The van der Waals surface area contributed by atoms with E-state index >= 15 is 0 Å². The Morgan fingerprint density at radius 1 is 0.365 bits per heavy atom. The maximum absolute atomic E-state index is 2.59. The highest BCUT2D eigenvalue weighted by Crippen LogP contribution is 2.57. The number of hydrogen-bond acceptors (Lipinski definition) is 2. The second-order valence-corrected chi connectivity index (χ2v) is 15.6. The first kappa shape index (κ1) is 33.8. The van der Waals surface area contributed by atoms with Crippen molar-refractivity contribution in [2.24, 2.45) is 0 Å². The topological polar surface area (TPSA) is 11.4 Å². The van der Waals surface area contributed by atoms with E-state index in [1.54, 1.807) is 0 Å². The standard InChI is InChI=1S/C49H50N3/c1-31(2)37-19-15-20-38(32(3)4)47(37)51-45-25-13-14-26-46(45)52(48-39(33(5)6)21-16-22-40(48)34(7)8)49(51)35-27-29-36(30-28-35)50-43-23-11-9-17-41(43)42-18-10-12-24-44(42)50/h9-34H,1-8H3. The number of benzene rings is 6. The van der Waals surface area contributed by atoms with Gasteiger partial charge < -0.3 is 14.4 Å². The molecule has 6 aromatic carbocycles. The van der Waals surface area contributed by atoms with Gasteiger partial charge in [0.15, 0.2) is 6.17 Å². The molecule has 1 aliphatic rings. The lowest BCUT2D eigenvalue weighted by atomic mass is 9.90. The molecule has 1 aromatic heterocycles. The molecule has 1 radical (unpaired) electrons. The number of anilines is 4. The molecule has 3 nitrogen and oxygen atoms in total. The van der Waals surface area contributed by atoms with Gasteiger partial charge in [-0.25, -0.2) is 0 Å². The van der Waals surface area contributed by atoms with E-state index < -0.39 is 0 Å². The second-order valence-electron chi connectivity index (χ2n) is 15.6.